The SMILES string of the molecule is COc1c(Cl)cc(Cl)cc1C(=O)Nc1ccc(O)c(C(=O)O)c1. The zero-order valence-electron chi connectivity index (χ0n) is 11.8. The van der Waals surface area contributed by atoms with Crippen LogP contribution in [0.4, 0.5) is 5.69 Å². The number of halogens is 2. The van der Waals surface area contributed by atoms with Crippen molar-refractivity contribution >= 4 is 40.8 Å². The van der Waals surface area contributed by atoms with E-state index in [1.54, 1.807) is 0 Å². The number of amides is 1. The number of phenols is 1. The van der Waals surface area contributed by atoms with Crippen molar-refractivity contribution in [2.75, 3.05) is 12.4 Å². The van der Waals surface area contributed by atoms with Crippen molar-refractivity contribution in [3.8, 4) is 11.5 Å². The maximum Gasteiger partial charge on any atom is 0.339 e. The summed E-state index contributed by atoms with van der Waals surface area (Å²) < 4.78 is 5.09. The number of ether oxygens (including phenoxy) is 1. The van der Waals surface area contributed by atoms with Crippen LogP contribution in [0.2, 0.25) is 10.0 Å². The largest absolute Gasteiger partial charge is 0.507 e. The molecular weight excluding hydrogens is 345 g/mol. The van der Waals surface area contributed by atoms with Gasteiger partial charge in [-0.25, -0.2) is 4.79 Å². The van der Waals surface area contributed by atoms with Crippen LogP contribution >= 0.6 is 23.2 Å². The minimum atomic E-state index is -1.32. The van der Waals surface area contributed by atoms with E-state index in [9.17, 15) is 14.7 Å². The molecule has 3 N–H and O–H groups in total. The Labute approximate surface area is 141 Å². The van der Waals surface area contributed by atoms with Gasteiger partial charge in [0.15, 0.2) is 0 Å². The fraction of sp³-hybridized carbons (Fsp3) is 0.0667. The summed E-state index contributed by atoms with van der Waals surface area (Å²) in [6.07, 6.45) is 0. The molecule has 0 aromatic heterocycles. The van der Waals surface area contributed by atoms with Crippen LogP contribution in [0.25, 0.3) is 0 Å². The van der Waals surface area contributed by atoms with Gasteiger partial charge >= 0.3 is 5.97 Å². The highest BCUT2D eigenvalue weighted by atomic mass is 35.5. The molecule has 0 aliphatic heterocycles. The highest BCUT2D eigenvalue weighted by Gasteiger charge is 2.18. The fourth-order valence-corrected chi connectivity index (χ4v) is 2.49. The summed E-state index contributed by atoms with van der Waals surface area (Å²) in [5.74, 6) is -2.17. The van der Waals surface area contributed by atoms with E-state index in [1.807, 2.05) is 0 Å². The molecule has 0 saturated carbocycles. The van der Waals surface area contributed by atoms with Crippen molar-refractivity contribution in [2.24, 2.45) is 0 Å². The van der Waals surface area contributed by atoms with E-state index < -0.39 is 17.6 Å². The normalized spacial score (nSPS) is 10.2. The summed E-state index contributed by atoms with van der Waals surface area (Å²) in [5, 5.41) is 21.3. The molecular formula is C15H11Cl2NO5. The third-order valence-corrected chi connectivity index (χ3v) is 3.44. The number of rotatable bonds is 4. The van der Waals surface area contributed by atoms with Crippen LogP contribution in [-0.2, 0) is 0 Å². The lowest BCUT2D eigenvalue weighted by Crippen LogP contribution is -2.14. The first-order valence-electron chi connectivity index (χ1n) is 6.24. The molecule has 8 heteroatoms. The Morgan fingerprint density at radius 1 is 1.13 bits per heavy atom. The second-order valence-corrected chi connectivity index (χ2v) is 5.30. The molecule has 0 fully saturated rings. The first kappa shape index (κ1) is 16.9. The molecule has 0 bridgehead atoms. The van der Waals surface area contributed by atoms with Crippen molar-refractivity contribution in [3.05, 3.63) is 51.5 Å². The number of carboxylic acid groups (broad SMARTS) is 1. The fourth-order valence-electron chi connectivity index (χ4n) is 1.92. The molecule has 2 aromatic carbocycles. The van der Waals surface area contributed by atoms with E-state index in [1.165, 1.54) is 31.4 Å². The summed E-state index contributed by atoms with van der Waals surface area (Å²) in [7, 11) is 1.36. The number of hydrogen-bond acceptors (Lipinski definition) is 4. The molecule has 0 radical (unpaired) electrons. The van der Waals surface area contributed by atoms with Gasteiger partial charge in [-0.15, -0.1) is 0 Å². The molecule has 6 nitrogen and oxygen atoms in total. The van der Waals surface area contributed by atoms with Crippen molar-refractivity contribution in [3.63, 3.8) is 0 Å². The molecule has 0 atom stereocenters. The van der Waals surface area contributed by atoms with Gasteiger partial charge in [-0.2, -0.15) is 0 Å². The van der Waals surface area contributed by atoms with Crippen LogP contribution in [0.1, 0.15) is 20.7 Å². The number of benzene rings is 2. The molecule has 0 saturated heterocycles. The number of anilines is 1. The van der Waals surface area contributed by atoms with E-state index in [2.05, 4.69) is 5.32 Å². The Morgan fingerprint density at radius 3 is 2.43 bits per heavy atom. The van der Waals surface area contributed by atoms with Crippen LogP contribution in [0, 0.1) is 0 Å². The molecule has 120 valence electrons. The first-order valence-corrected chi connectivity index (χ1v) is 6.99. The highest BCUT2D eigenvalue weighted by Crippen LogP contribution is 2.33. The number of methoxy groups -OCH3 is 1. The van der Waals surface area contributed by atoms with E-state index >= 15 is 0 Å². The maximum atomic E-state index is 12.3. The molecule has 1 amide bonds. The number of aromatic carboxylic acids is 1. The minimum absolute atomic E-state index is 0.0925. The quantitative estimate of drug-likeness (QED) is 0.727. The van der Waals surface area contributed by atoms with Gasteiger partial charge in [0.1, 0.15) is 17.1 Å². The van der Waals surface area contributed by atoms with E-state index in [0.29, 0.717) is 0 Å². The molecule has 0 spiro atoms. The van der Waals surface area contributed by atoms with Crippen LogP contribution in [0.3, 0.4) is 0 Å². The zero-order chi connectivity index (χ0) is 17.1. The van der Waals surface area contributed by atoms with Crippen LogP contribution in [0.15, 0.2) is 30.3 Å². The van der Waals surface area contributed by atoms with E-state index in [4.69, 9.17) is 33.0 Å². The second kappa shape index (κ2) is 6.76. The van der Waals surface area contributed by atoms with Crippen LogP contribution in [-0.4, -0.2) is 29.2 Å². The molecule has 2 aromatic rings. The van der Waals surface area contributed by atoms with Crippen molar-refractivity contribution < 1.29 is 24.5 Å². The summed E-state index contributed by atoms with van der Waals surface area (Å²) in [6.45, 7) is 0. The standard InChI is InChI=1S/C15H11Cl2NO5/c1-23-13-10(4-7(16)5-11(13)17)14(20)18-8-2-3-12(19)9(6-8)15(21)22/h2-6,19H,1H3,(H,18,20)(H,21,22). The van der Waals surface area contributed by atoms with Gasteiger partial charge in [-0.05, 0) is 30.3 Å². The van der Waals surface area contributed by atoms with Crippen molar-refractivity contribution in [1.29, 1.82) is 0 Å². The Morgan fingerprint density at radius 2 is 1.83 bits per heavy atom. The third-order valence-electron chi connectivity index (χ3n) is 2.94. The topological polar surface area (TPSA) is 95.9 Å². The number of hydrogen-bond donors (Lipinski definition) is 3. The number of carboxylic acids is 1. The van der Waals surface area contributed by atoms with Gasteiger partial charge < -0.3 is 20.3 Å². The number of nitrogens with one attached hydrogen (secondary N) is 1. The molecule has 2 rings (SSSR count). The average molecular weight is 356 g/mol. The molecule has 23 heavy (non-hydrogen) atoms. The lowest BCUT2D eigenvalue weighted by molar-refractivity contribution is 0.0693. The summed E-state index contributed by atoms with van der Waals surface area (Å²) in [4.78, 5) is 23.3. The minimum Gasteiger partial charge on any atom is -0.507 e. The average Bonchev–Trinajstić information content (AvgIpc) is 2.48. The number of carbonyl (C=O) groups is 2. The number of carbonyl (C=O) groups excluding carboxylic acids is 1. The molecule has 0 aliphatic rings. The Kier molecular flexibility index (Phi) is 4.98. The lowest BCUT2D eigenvalue weighted by atomic mass is 10.1. The summed E-state index contributed by atoms with van der Waals surface area (Å²) in [5.41, 5.74) is -0.0582. The van der Waals surface area contributed by atoms with Crippen LogP contribution in [0.5, 0.6) is 11.5 Å². The highest BCUT2D eigenvalue weighted by molar-refractivity contribution is 6.36. The Bertz CT molecular complexity index is 792. The zero-order valence-corrected chi connectivity index (χ0v) is 13.3. The van der Waals surface area contributed by atoms with Gasteiger partial charge in [0.25, 0.3) is 5.91 Å². The van der Waals surface area contributed by atoms with Crippen LogP contribution < -0.4 is 10.1 Å². The predicted molar refractivity (Wildman–Crippen MR) is 86.0 cm³/mol. The van der Waals surface area contributed by atoms with Crippen molar-refractivity contribution in [2.45, 2.75) is 0 Å². The molecule has 0 aliphatic carbocycles. The monoisotopic (exact) mass is 355 g/mol. The molecule has 0 heterocycles. The van der Waals surface area contributed by atoms with E-state index in [-0.39, 0.29) is 32.6 Å². The van der Waals surface area contributed by atoms with Gasteiger partial charge in [0.05, 0.1) is 17.7 Å². The van der Waals surface area contributed by atoms with Gasteiger partial charge in [-0.3, -0.25) is 4.79 Å². The van der Waals surface area contributed by atoms with Gasteiger partial charge in [0, 0.05) is 10.7 Å². The molecule has 0 unspecified atom stereocenters. The van der Waals surface area contributed by atoms with Gasteiger partial charge in [-0.1, -0.05) is 23.2 Å². The summed E-state index contributed by atoms with van der Waals surface area (Å²) in [6, 6.07) is 6.47. The maximum absolute atomic E-state index is 12.3. The number of aromatic hydroxyl groups is 1. The van der Waals surface area contributed by atoms with E-state index in [0.717, 1.165) is 6.07 Å². The Balaban J connectivity index is 2.37. The lowest BCUT2D eigenvalue weighted by Gasteiger charge is -2.12. The predicted octanol–water partition coefficient (Wildman–Crippen LogP) is 3.66. The van der Waals surface area contributed by atoms with Crippen molar-refractivity contribution in [1.82, 2.24) is 0 Å². The summed E-state index contributed by atoms with van der Waals surface area (Å²) >= 11 is 11.9. The third kappa shape index (κ3) is 3.67. The first-order chi connectivity index (χ1) is 10.8. The van der Waals surface area contributed by atoms with Gasteiger partial charge in [0.2, 0.25) is 0 Å². The second-order valence-electron chi connectivity index (χ2n) is 4.46. The Hall–Kier alpha value is -2.44. The smallest absolute Gasteiger partial charge is 0.339 e.